The maximum atomic E-state index is 2.87. The maximum Gasteiger partial charge on any atom is 0.0255 e. The molecule has 3 aliphatic rings. The average Bonchev–Trinajstić information content (AvgIpc) is 2.59. The lowest BCUT2D eigenvalue weighted by atomic mass is 9.98. The predicted octanol–water partition coefficient (Wildman–Crippen LogP) is 6.67. The molecule has 0 N–H and O–H groups in total. The average molecular weight is 306 g/mol. The number of hydrogen-bond acceptors (Lipinski definition) is 0. The molecular weight excluding hydrogens is 270 g/mol. The fourth-order valence-electron chi connectivity index (χ4n) is 6.11. The monoisotopic (exact) mass is 306 g/mol. The first kappa shape index (κ1) is 16.4. The van der Waals surface area contributed by atoms with Crippen LogP contribution in [0.2, 0.25) is 6.82 Å². The molecule has 2 radical (unpaired) electrons. The van der Waals surface area contributed by atoms with E-state index >= 15 is 0 Å². The van der Waals surface area contributed by atoms with Gasteiger partial charge < -0.3 is 0 Å². The highest BCUT2D eigenvalue weighted by Crippen LogP contribution is 2.75. The van der Waals surface area contributed by atoms with Crippen LogP contribution in [0.5, 0.6) is 0 Å². The molecule has 3 fully saturated rings. The van der Waals surface area contributed by atoms with Gasteiger partial charge in [-0.1, -0.05) is 26.3 Å². The van der Waals surface area contributed by atoms with E-state index in [9.17, 15) is 0 Å². The van der Waals surface area contributed by atoms with Crippen molar-refractivity contribution < 1.29 is 0 Å². The number of rotatable bonds is 4. The van der Waals surface area contributed by atoms with E-state index in [-0.39, 0.29) is 0 Å². The van der Waals surface area contributed by atoms with Crippen molar-refractivity contribution in [1.82, 2.24) is 0 Å². The van der Waals surface area contributed by atoms with Crippen LogP contribution in [-0.4, -0.2) is 24.0 Å². The van der Waals surface area contributed by atoms with Crippen LogP contribution in [0.1, 0.15) is 96.3 Å². The van der Waals surface area contributed by atoms with Gasteiger partial charge in [0.05, 0.1) is 0 Å². The Hall–Kier alpha value is 0.495. The van der Waals surface area contributed by atoms with Crippen molar-refractivity contribution in [1.29, 1.82) is 0 Å². The number of hydrogen-bond donors (Lipinski definition) is 0. The van der Waals surface area contributed by atoms with Crippen LogP contribution in [0.25, 0.3) is 0 Å². The molecule has 0 atom stereocenters. The Labute approximate surface area is 134 Å². The molecule has 0 aromatic carbocycles. The minimum absolute atomic E-state index is 0.828. The van der Waals surface area contributed by atoms with Crippen molar-refractivity contribution >= 4 is 14.1 Å². The molecule has 0 bridgehead atoms. The Morgan fingerprint density at radius 1 is 0.524 bits per heavy atom. The molecule has 0 aromatic rings. The molecule has 0 amide bonds. The van der Waals surface area contributed by atoms with Crippen molar-refractivity contribution in [3.05, 3.63) is 0 Å². The van der Waals surface area contributed by atoms with Crippen LogP contribution in [0.3, 0.4) is 0 Å². The lowest BCUT2D eigenvalue weighted by molar-refractivity contribution is 0.457. The molecule has 0 aromatic heterocycles. The molecule has 0 nitrogen and oxygen atoms in total. The molecule has 2 heteroatoms. The summed E-state index contributed by atoms with van der Waals surface area (Å²) in [4.78, 5) is 0. The van der Waals surface area contributed by atoms with Gasteiger partial charge in [0.25, 0.3) is 0 Å². The van der Waals surface area contributed by atoms with Gasteiger partial charge in [0.2, 0.25) is 0 Å². The second-order valence-corrected chi connectivity index (χ2v) is 12.5. The highest BCUT2D eigenvalue weighted by atomic mass is 31.2. The molecular formula is C19H36BP. The summed E-state index contributed by atoms with van der Waals surface area (Å²) < 4.78 is 0. The van der Waals surface area contributed by atoms with Gasteiger partial charge in [-0.15, -0.1) is 0 Å². The molecule has 0 spiro atoms. The van der Waals surface area contributed by atoms with Gasteiger partial charge in [-0.05, 0) is 77.0 Å². The second kappa shape index (κ2) is 7.85. The summed E-state index contributed by atoms with van der Waals surface area (Å²) >= 11 is 0. The second-order valence-electron chi connectivity index (χ2n) is 8.03. The summed E-state index contributed by atoms with van der Waals surface area (Å²) in [6, 6.07) is 0. The highest BCUT2D eigenvalue weighted by Gasteiger charge is 2.47. The molecule has 120 valence electrons. The fraction of sp³-hybridized carbons (Fsp3) is 1.00. The van der Waals surface area contributed by atoms with Crippen LogP contribution in [0, 0.1) is 0 Å². The minimum atomic E-state index is -0.828. The van der Waals surface area contributed by atoms with Crippen LogP contribution in [-0.2, 0) is 0 Å². The van der Waals surface area contributed by atoms with Crippen molar-refractivity contribution in [3.8, 4) is 0 Å². The van der Waals surface area contributed by atoms with Gasteiger partial charge in [0, 0.05) is 17.0 Å². The van der Waals surface area contributed by atoms with Crippen molar-refractivity contribution in [2.24, 2.45) is 0 Å². The summed E-state index contributed by atoms with van der Waals surface area (Å²) in [5, 5.41) is 0. The first-order valence-corrected chi connectivity index (χ1v) is 12.1. The predicted molar refractivity (Wildman–Crippen MR) is 99.2 cm³/mol. The lowest BCUT2D eigenvalue weighted by Crippen LogP contribution is -2.38. The van der Waals surface area contributed by atoms with Crippen LogP contribution < -0.4 is 0 Å². The van der Waals surface area contributed by atoms with E-state index in [0.717, 1.165) is 17.0 Å². The van der Waals surface area contributed by atoms with Gasteiger partial charge >= 0.3 is 0 Å². The van der Waals surface area contributed by atoms with Gasteiger partial charge in [0.1, 0.15) is 0 Å². The molecule has 3 aliphatic carbocycles. The van der Waals surface area contributed by atoms with Crippen LogP contribution >= 0.6 is 7.14 Å². The van der Waals surface area contributed by atoms with Gasteiger partial charge in [-0.2, -0.15) is 0 Å². The first-order valence-electron chi connectivity index (χ1n) is 10.1. The lowest BCUT2D eigenvalue weighted by Gasteiger charge is -2.57. The smallest absolute Gasteiger partial charge is 0.0255 e. The standard InChI is InChI=1S/C19H36BP/c1-20-21(17-11-5-2-6-12-17,18-13-7-3-8-14-18)19-15-9-4-10-16-19/h17-19H,2-16H2,1H3. The first-order chi connectivity index (χ1) is 10.4. The Kier molecular flexibility index (Phi) is 6.12. The van der Waals surface area contributed by atoms with E-state index in [1.165, 1.54) is 19.3 Å². The summed E-state index contributed by atoms with van der Waals surface area (Å²) in [5.74, 6) is 0. The van der Waals surface area contributed by atoms with Gasteiger partial charge in [0.15, 0.2) is 0 Å². The maximum absolute atomic E-state index is 2.87. The SMILES string of the molecule is C[B-][P+](C1CCCCC1)(C1CCCCC1)C1CCCCC1. The molecule has 3 saturated carbocycles. The summed E-state index contributed by atoms with van der Waals surface area (Å²) in [6.45, 7) is 5.36. The van der Waals surface area contributed by atoms with Crippen molar-refractivity contribution in [3.63, 3.8) is 0 Å². The topological polar surface area (TPSA) is 0 Å². The summed E-state index contributed by atoms with van der Waals surface area (Å²) in [5.41, 5.74) is 3.42. The van der Waals surface area contributed by atoms with Gasteiger partial charge in [-0.25, -0.2) is 14.0 Å². The van der Waals surface area contributed by atoms with E-state index < -0.39 is 7.14 Å². The normalized spacial score (nSPS) is 27.9. The van der Waals surface area contributed by atoms with Crippen molar-refractivity contribution in [2.45, 2.75) is 120 Å². The zero-order valence-electron chi connectivity index (χ0n) is 14.4. The molecule has 0 aliphatic heterocycles. The minimum Gasteiger partial charge on any atom is -0.208 e. The Morgan fingerprint density at radius 2 is 0.810 bits per heavy atom. The Bertz CT molecular complexity index is 253. The molecule has 0 heterocycles. The quantitative estimate of drug-likeness (QED) is 0.402. The van der Waals surface area contributed by atoms with Crippen LogP contribution in [0.15, 0.2) is 0 Å². The third-order valence-electron chi connectivity index (χ3n) is 7.07. The van der Waals surface area contributed by atoms with E-state index in [2.05, 4.69) is 13.8 Å². The largest absolute Gasteiger partial charge is 0.208 e. The fourth-order valence-corrected chi connectivity index (χ4v) is 12.9. The zero-order chi connectivity index (χ0) is 14.5. The van der Waals surface area contributed by atoms with E-state index in [4.69, 9.17) is 0 Å². The molecule has 21 heavy (non-hydrogen) atoms. The third kappa shape index (κ3) is 3.39. The Morgan fingerprint density at radius 3 is 1.05 bits per heavy atom. The van der Waals surface area contributed by atoms with E-state index in [1.807, 2.05) is 0 Å². The Balaban J connectivity index is 1.85. The zero-order valence-corrected chi connectivity index (χ0v) is 15.3. The van der Waals surface area contributed by atoms with E-state index in [0.29, 0.717) is 0 Å². The van der Waals surface area contributed by atoms with Gasteiger partial charge in [-0.3, -0.25) is 0 Å². The molecule has 0 saturated heterocycles. The van der Waals surface area contributed by atoms with Crippen LogP contribution in [0.4, 0.5) is 0 Å². The van der Waals surface area contributed by atoms with E-state index in [1.54, 1.807) is 77.0 Å². The molecule has 3 rings (SSSR count). The third-order valence-corrected chi connectivity index (χ3v) is 13.3. The summed E-state index contributed by atoms with van der Waals surface area (Å²) in [7, 11) is -0.828. The van der Waals surface area contributed by atoms with Crippen molar-refractivity contribution in [2.75, 3.05) is 0 Å². The molecule has 0 unspecified atom stereocenters. The summed E-state index contributed by atoms with van der Waals surface area (Å²) in [6.07, 6.45) is 23.3. The highest BCUT2D eigenvalue weighted by molar-refractivity contribution is 8.02.